The second kappa shape index (κ2) is 7.50. The third-order valence-electron chi connectivity index (χ3n) is 5.13. The number of rotatable bonds is 4. The Morgan fingerprint density at radius 2 is 1.90 bits per heavy atom. The van der Waals surface area contributed by atoms with E-state index in [0.29, 0.717) is 30.0 Å². The Morgan fingerprint density at radius 1 is 1.17 bits per heavy atom. The maximum Gasteiger partial charge on any atom is 0.254 e. The van der Waals surface area contributed by atoms with E-state index in [9.17, 15) is 9.59 Å². The number of fused-ring (bicyclic) bond motifs is 1. The predicted octanol–water partition coefficient (Wildman–Crippen LogP) is 1.58. The van der Waals surface area contributed by atoms with Crippen molar-refractivity contribution in [1.82, 2.24) is 35.2 Å². The molecular formula is C20H23N7O2. The lowest BCUT2D eigenvalue weighted by atomic mass is 9.95. The first-order valence-corrected chi connectivity index (χ1v) is 9.52. The molecule has 1 unspecified atom stereocenters. The molecule has 0 saturated carbocycles. The number of hydrogen-bond donors (Lipinski definition) is 2. The third kappa shape index (κ3) is 3.51. The molecule has 29 heavy (non-hydrogen) atoms. The normalized spacial score (nSPS) is 15.8. The first-order chi connectivity index (χ1) is 14.0. The number of nitrogens with zero attached hydrogens (tertiary/aromatic N) is 5. The molecule has 9 heteroatoms. The van der Waals surface area contributed by atoms with Gasteiger partial charge in [0.1, 0.15) is 5.82 Å². The smallest absolute Gasteiger partial charge is 0.254 e. The number of carbonyl (C=O) groups is 2. The van der Waals surface area contributed by atoms with Gasteiger partial charge in [0.2, 0.25) is 0 Å². The highest BCUT2D eigenvalue weighted by Crippen LogP contribution is 2.31. The number of benzene rings is 1. The topological polar surface area (TPSA) is 111 Å². The number of aryl methyl sites for hydroxylation is 1. The minimum atomic E-state index is -0.170. The largest absolute Gasteiger partial charge is 0.345 e. The molecule has 2 aromatic heterocycles. The molecule has 1 aromatic carbocycles. The van der Waals surface area contributed by atoms with Crippen molar-refractivity contribution in [1.29, 1.82) is 0 Å². The van der Waals surface area contributed by atoms with Crippen LogP contribution in [0.4, 0.5) is 0 Å². The van der Waals surface area contributed by atoms with E-state index < -0.39 is 0 Å². The van der Waals surface area contributed by atoms with Crippen molar-refractivity contribution in [2.45, 2.75) is 25.8 Å². The predicted molar refractivity (Wildman–Crippen MR) is 105 cm³/mol. The molecule has 9 nitrogen and oxygen atoms in total. The van der Waals surface area contributed by atoms with E-state index in [4.69, 9.17) is 0 Å². The monoisotopic (exact) mass is 393 g/mol. The zero-order valence-electron chi connectivity index (χ0n) is 16.6. The molecule has 3 heterocycles. The fourth-order valence-corrected chi connectivity index (χ4v) is 3.52. The van der Waals surface area contributed by atoms with Crippen molar-refractivity contribution in [3.63, 3.8) is 0 Å². The Bertz CT molecular complexity index is 1040. The van der Waals surface area contributed by atoms with Gasteiger partial charge in [-0.1, -0.05) is 6.92 Å². The number of amides is 2. The molecule has 3 aromatic rings. The van der Waals surface area contributed by atoms with Crippen LogP contribution < -0.4 is 0 Å². The molecular weight excluding hydrogens is 370 g/mol. The van der Waals surface area contributed by atoms with Crippen LogP contribution in [0, 0.1) is 0 Å². The van der Waals surface area contributed by atoms with Crippen LogP contribution in [0.15, 0.2) is 30.5 Å². The van der Waals surface area contributed by atoms with Crippen LogP contribution in [0.5, 0.6) is 0 Å². The molecule has 1 atom stereocenters. The highest BCUT2D eigenvalue weighted by atomic mass is 16.2. The zero-order chi connectivity index (χ0) is 20.5. The molecule has 2 amide bonds. The molecule has 1 aliphatic heterocycles. The number of hydrogen-bond acceptors (Lipinski definition) is 5. The van der Waals surface area contributed by atoms with Gasteiger partial charge in [0.15, 0.2) is 5.82 Å². The Kier molecular flexibility index (Phi) is 4.87. The van der Waals surface area contributed by atoms with Gasteiger partial charge in [0, 0.05) is 50.3 Å². The standard InChI is InChI=1S/C20H23N7O2/c1-4-16-22-18(25-23-16)15-11-27(10-14-9-21-24-17(14)15)20(29)13-7-5-12(6-8-13)19(28)26(2)3/h5-9,15H,4,10-11H2,1-3H3,(H,21,24)(H,22,23,25). The maximum atomic E-state index is 13.1. The highest BCUT2D eigenvalue weighted by molar-refractivity contribution is 5.97. The molecule has 0 fully saturated rings. The van der Waals surface area contributed by atoms with E-state index in [0.717, 1.165) is 23.5 Å². The molecule has 150 valence electrons. The zero-order valence-corrected chi connectivity index (χ0v) is 16.6. The lowest BCUT2D eigenvalue weighted by Gasteiger charge is -2.31. The summed E-state index contributed by atoms with van der Waals surface area (Å²) in [6, 6.07) is 6.76. The molecule has 0 spiro atoms. The fourth-order valence-electron chi connectivity index (χ4n) is 3.52. The van der Waals surface area contributed by atoms with Gasteiger partial charge in [-0.2, -0.15) is 10.2 Å². The van der Waals surface area contributed by atoms with Gasteiger partial charge < -0.3 is 9.80 Å². The molecule has 2 N–H and O–H groups in total. The van der Waals surface area contributed by atoms with Gasteiger partial charge in [-0.25, -0.2) is 4.98 Å². The van der Waals surface area contributed by atoms with E-state index in [-0.39, 0.29) is 17.7 Å². The minimum absolute atomic E-state index is 0.0959. The van der Waals surface area contributed by atoms with Crippen molar-refractivity contribution < 1.29 is 9.59 Å². The van der Waals surface area contributed by atoms with Gasteiger partial charge in [0.05, 0.1) is 17.8 Å². The summed E-state index contributed by atoms with van der Waals surface area (Å²) in [6.07, 6.45) is 2.50. The SMILES string of the molecule is CCc1nc(C2CN(C(=O)c3ccc(C(=O)N(C)C)cc3)Cc3cn[nH]c32)n[nH]1. The van der Waals surface area contributed by atoms with Crippen molar-refractivity contribution in [3.05, 3.63) is 64.5 Å². The lowest BCUT2D eigenvalue weighted by molar-refractivity contribution is 0.0721. The highest BCUT2D eigenvalue weighted by Gasteiger charge is 2.33. The molecule has 0 aliphatic carbocycles. The van der Waals surface area contributed by atoms with Gasteiger partial charge in [-0.15, -0.1) is 0 Å². The van der Waals surface area contributed by atoms with Crippen molar-refractivity contribution in [2.75, 3.05) is 20.6 Å². The summed E-state index contributed by atoms with van der Waals surface area (Å²) in [6.45, 7) is 2.92. The van der Waals surface area contributed by atoms with Crippen LogP contribution in [-0.4, -0.2) is 67.6 Å². The van der Waals surface area contributed by atoms with E-state index in [1.54, 1.807) is 49.5 Å². The van der Waals surface area contributed by atoms with Crippen LogP contribution in [-0.2, 0) is 13.0 Å². The second-order valence-corrected chi connectivity index (χ2v) is 7.32. The summed E-state index contributed by atoms with van der Waals surface area (Å²) >= 11 is 0. The lowest BCUT2D eigenvalue weighted by Crippen LogP contribution is -2.38. The van der Waals surface area contributed by atoms with Gasteiger partial charge in [0.25, 0.3) is 11.8 Å². The summed E-state index contributed by atoms with van der Waals surface area (Å²) in [4.78, 5) is 33.0. The summed E-state index contributed by atoms with van der Waals surface area (Å²) in [5.74, 6) is 1.09. The Labute approximate surface area is 168 Å². The summed E-state index contributed by atoms with van der Waals surface area (Å²) in [5.41, 5.74) is 2.99. The molecule has 1 aliphatic rings. The Hall–Kier alpha value is -3.49. The van der Waals surface area contributed by atoms with Crippen LogP contribution in [0.1, 0.15) is 56.5 Å². The number of nitrogens with one attached hydrogen (secondary N) is 2. The fraction of sp³-hybridized carbons (Fsp3) is 0.350. The van der Waals surface area contributed by atoms with Crippen LogP contribution in [0.3, 0.4) is 0 Å². The van der Waals surface area contributed by atoms with E-state index in [2.05, 4.69) is 25.4 Å². The average molecular weight is 393 g/mol. The molecule has 0 radical (unpaired) electrons. The third-order valence-corrected chi connectivity index (χ3v) is 5.13. The number of aromatic amines is 2. The van der Waals surface area contributed by atoms with E-state index in [1.165, 1.54) is 4.90 Å². The van der Waals surface area contributed by atoms with Gasteiger partial charge >= 0.3 is 0 Å². The van der Waals surface area contributed by atoms with Gasteiger partial charge in [-0.3, -0.25) is 19.8 Å². The molecule has 0 bridgehead atoms. The number of carbonyl (C=O) groups excluding carboxylic acids is 2. The van der Waals surface area contributed by atoms with E-state index >= 15 is 0 Å². The van der Waals surface area contributed by atoms with Crippen LogP contribution in [0.25, 0.3) is 0 Å². The summed E-state index contributed by atoms with van der Waals surface area (Å²) < 4.78 is 0. The van der Waals surface area contributed by atoms with Crippen LogP contribution >= 0.6 is 0 Å². The maximum absolute atomic E-state index is 13.1. The number of H-pyrrole nitrogens is 2. The van der Waals surface area contributed by atoms with Crippen molar-refractivity contribution in [2.24, 2.45) is 0 Å². The van der Waals surface area contributed by atoms with E-state index in [1.807, 2.05) is 6.92 Å². The second-order valence-electron chi connectivity index (χ2n) is 7.32. The molecule has 4 rings (SSSR count). The Balaban J connectivity index is 1.59. The molecule has 0 saturated heterocycles. The number of aromatic nitrogens is 5. The quantitative estimate of drug-likeness (QED) is 0.699. The van der Waals surface area contributed by atoms with Crippen molar-refractivity contribution >= 4 is 11.8 Å². The van der Waals surface area contributed by atoms with Gasteiger partial charge in [-0.05, 0) is 24.3 Å². The first kappa shape index (κ1) is 18.9. The summed E-state index contributed by atoms with van der Waals surface area (Å²) in [7, 11) is 3.40. The first-order valence-electron chi connectivity index (χ1n) is 9.52. The Morgan fingerprint density at radius 3 is 2.55 bits per heavy atom. The average Bonchev–Trinajstić information content (AvgIpc) is 3.41. The minimum Gasteiger partial charge on any atom is -0.345 e. The van der Waals surface area contributed by atoms with Crippen LogP contribution in [0.2, 0.25) is 0 Å². The van der Waals surface area contributed by atoms with Crippen molar-refractivity contribution in [3.8, 4) is 0 Å². The summed E-state index contributed by atoms with van der Waals surface area (Å²) in [5, 5.41) is 14.5.